The maximum atomic E-state index is 14.3. The zero-order valence-electron chi connectivity index (χ0n) is 18.0. The van der Waals surface area contributed by atoms with Crippen molar-refractivity contribution >= 4 is 29.0 Å². The van der Waals surface area contributed by atoms with E-state index in [4.69, 9.17) is 4.74 Å². The van der Waals surface area contributed by atoms with Crippen LogP contribution in [0.15, 0.2) is 48.0 Å². The van der Waals surface area contributed by atoms with Crippen LogP contribution in [0.4, 0.5) is 10.1 Å². The Kier molecular flexibility index (Phi) is 5.34. The number of halogens is 1. The molecule has 2 aromatic rings. The minimum atomic E-state index is -1.86. The third kappa shape index (κ3) is 2.79. The molecule has 0 bridgehead atoms. The lowest BCUT2D eigenvalue weighted by Gasteiger charge is -2.34. The lowest BCUT2D eigenvalue weighted by atomic mass is 9.82. The first-order valence-electron chi connectivity index (χ1n) is 10.3. The summed E-state index contributed by atoms with van der Waals surface area (Å²) in [6, 6.07) is 10.8. The molecule has 166 valence electrons. The average molecular weight is 438 g/mol. The van der Waals surface area contributed by atoms with Gasteiger partial charge in [0.25, 0.3) is 17.6 Å². The summed E-state index contributed by atoms with van der Waals surface area (Å²) in [7, 11) is 1.45. The highest BCUT2D eigenvalue weighted by Crippen LogP contribution is 2.53. The van der Waals surface area contributed by atoms with E-state index in [0.29, 0.717) is 23.4 Å². The van der Waals surface area contributed by atoms with Crippen molar-refractivity contribution in [2.45, 2.75) is 19.4 Å². The molecule has 2 amide bonds. The van der Waals surface area contributed by atoms with Gasteiger partial charge < -0.3 is 19.6 Å². The molecular formula is C24H23FN2O5. The van der Waals surface area contributed by atoms with Gasteiger partial charge in [-0.2, -0.15) is 0 Å². The lowest BCUT2D eigenvalue weighted by molar-refractivity contribution is -0.144. The number of aliphatic hydroxyl groups excluding tert-OH is 1. The van der Waals surface area contributed by atoms with Crippen LogP contribution in [0.3, 0.4) is 0 Å². The molecule has 2 aromatic carbocycles. The molecule has 2 heterocycles. The van der Waals surface area contributed by atoms with Gasteiger partial charge in [-0.25, -0.2) is 4.39 Å². The van der Waals surface area contributed by atoms with Crippen LogP contribution in [0.1, 0.15) is 23.6 Å². The quantitative estimate of drug-likeness (QED) is 0.441. The second-order valence-electron chi connectivity index (χ2n) is 7.74. The van der Waals surface area contributed by atoms with Crippen molar-refractivity contribution in [1.82, 2.24) is 4.90 Å². The number of ketones is 1. The van der Waals surface area contributed by atoms with Gasteiger partial charge in [-0.1, -0.05) is 30.3 Å². The van der Waals surface area contributed by atoms with Gasteiger partial charge >= 0.3 is 0 Å². The van der Waals surface area contributed by atoms with Gasteiger partial charge in [-0.3, -0.25) is 14.4 Å². The SMILES string of the molecule is CCN1C(=O)C2(/C(=C(/O)c3ccc(C)c(F)c3)C(=O)C(=O)N2CCOC)c2ccccc21. The molecule has 0 radical (unpaired) electrons. The fourth-order valence-electron chi connectivity index (χ4n) is 4.55. The van der Waals surface area contributed by atoms with Crippen LogP contribution < -0.4 is 4.90 Å². The molecule has 4 rings (SSSR count). The predicted molar refractivity (Wildman–Crippen MR) is 115 cm³/mol. The molecule has 7 nitrogen and oxygen atoms in total. The van der Waals surface area contributed by atoms with Crippen molar-refractivity contribution in [3.8, 4) is 0 Å². The molecule has 0 aromatic heterocycles. The van der Waals surface area contributed by atoms with Gasteiger partial charge in [0, 0.05) is 31.3 Å². The van der Waals surface area contributed by atoms with Crippen LogP contribution in [-0.2, 0) is 24.7 Å². The zero-order chi connectivity index (χ0) is 23.2. The summed E-state index contributed by atoms with van der Waals surface area (Å²) in [5, 5.41) is 11.2. The van der Waals surface area contributed by atoms with E-state index in [0.717, 1.165) is 11.0 Å². The van der Waals surface area contributed by atoms with Gasteiger partial charge in [0.05, 0.1) is 17.9 Å². The number of hydrogen-bond acceptors (Lipinski definition) is 5. The second kappa shape index (κ2) is 7.87. The van der Waals surface area contributed by atoms with Crippen LogP contribution in [-0.4, -0.2) is 54.4 Å². The van der Waals surface area contributed by atoms with E-state index in [1.54, 1.807) is 38.1 Å². The highest BCUT2D eigenvalue weighted by atomic mass is 19.1. The number of benzene rings is 2. The standard InChI is InChI=1S/C24H23FN2O5/c1-4-26-18-8-6-5-7-16(18)24(23(26)31)19(21(29)22(30)27(24)11-12-32-3)20(28)15-10-9-14(2)17(25)13-15/h5-10,13,28H,4,11-12H2,1-3H3/b20-19+. The average Bonchev–Trinajstić information content (AvgIpc) is 3.16. The Labute approximate surface area is 184 Å². The number of aliphatic hydroxyl groups is 1. The molecule has 2 aliphatic rings. The Morgan fingerprint density at radius 2 is 1.88 bits per heavy atom. The maximum absolute atomic E-state index is 14.3. The number of carbonyl (C=O) groups excluding carboxylic acids is 3. The number of anilines is 1. The van der Waals surface area contributed by atoms with E-state index in [1.807, 2.05) is 0 Å². The van der Waals surface area contributed by atoms with Gasteiger partial charge in [-0.15, -0.1) is 0 Å². The fourth-order valence-corrected chi connectivity index (χ4v) is 4.55. The van der Waals surface area contributed by atoms with E-state index in [-0.39, 0.29) is 24.3 Å². The van der Waals surface area contributed by atoms with E-state index in [1.165, 1.54) is 24.1 Å². The summed E-state index contributed by atoms with van der Waals surface area (Å²) in [6.07, 6.45) is 0. The normalized spacial score (nSPS) is 21.7. The monoisotopic (exact) mass is 438 g/mol. The summed E-state index contributed by atoms with van der Waals surface area (Å²) < 4.78 is 19.4. The lowest BCUT2D eigenvalue weighted by Crippen LogP contribution is -2.52. The molecule has 1 atom stereocenters. The Balaban J connectivity index is 2.07. The highest BCUT2D eigenvalue weighted by molar-refractivity contribution is 6.50. The Hall–Kier alpha value is -3.52. The van der Waals surface area contributed by atoms with E-state index in [2.05, 4.69) is 0 Å². The Bertz CT molecular complexity index is 1170. The van der Waals surface area contributed by atoms with Crippen molar-refractivity contribution in [2.75, 3.05) is 31.7 Å². The van der Waals surface area contributed by atoms with Crippen molar-refractivity contribution < 1.29 is 28.6 Å². The summed E-state index contributed by atoms with van der Waals surface area (Å²) in [4.78, 5) is 42.9. The van der Waals surface area contributed by atoms with Crippen molar-refractivity contribution in [2.24, 2.45) is 0 Å². The molecule has 1 fully saturated rings. The minimum absolute atomic E-state index is 0.0115. The van der Waals surface area contributed by atoms with E-state index < -0.39 is 34.7 Å². The van der Waals surface area contributed by atoms with Crippen LogP contribution >= 0.6 is 0 Å². The number of ether oxygens (including phenoxy) is 1. The van der Waals surface area contributed by atoms with Crippen LogP contribution in [0, 0.1) is 12.7 Å². The number of amides is 2. The molecule has 8 heteroatoms. The Morgan fingerprint density at radius 3 is 2.53 bits per heavy atom. The predicted octanol–water partition coefficient (Wildman–Crippen LogP) is 2.72. The van der Waals surface area contributed by atoms with Crippen LogP contribution in [0.25, 0.3) is 5.76 Å². The molecule has 1 N–H and O–H groups in total. The number of carbonyl (C=O) groups is 3. The fraction of sp³-hybridized carbons (Fsp3) is 0.292. The van der Waals surface area contributed by atoms with Gasteiger partial charge in [0.2, 0.25) is 0 Å². The van der Waals surface area contributed by atoms with Crippen LogP contribution in [0.5, 0.6) is 0 Å². The molecule has 1 unspecified atom stereocenters. The summed E-state index contributed by atoms with van der Waals surface area (Å²) >= 11 is 0. The number of Topliss-reactive ketones (excluding diaryl/α,β-unsaturated/α-hetero) is 1. The number of rotatable bonds is 5. The Morgan fingerprint density at radius 1 is 1.16 bits per heavy atom. The number of aryl methyl sites for hydroxylation is 1. The molecule has 0 saturated carbocycles. The van der Waals surface area contributed by atoms with Gasteiger partial charge in [0.1, 0.15) is 11.6 Å². The van der Waals surface area contributed by atoms with Crippen molar-refractivity contribution in [3.63, 3.8) is 0 Å². The van der Waals surface area contributed by atoms with Gasteiger partial charge in [0.15, 0.2) is 5.54 Å². The third-order valence-electron chi connectivity index (χ3n) is 6.09. The number of fused-ring (bicyclic) bond motifs is 2. The summed E-state index contributed by atoms with van der Waals surface area (Å²) in [5.41, 5.74) is -0.893. The summed E-state index contributed by atoms with van der Waals surface area (Å²) in [6.45, 7) is 3.68. The third-order valence-corrected chi connectivity index (χ3v) is 6.09. The number of likely N-dealkylation sites (tertiary alicyclic amines) is 1. The zero-order valence-corrected chi connectivity index (χ0v) is 18.0. The molecule has 32 heavy (non-hydrogen) atoms. The first kappa shape index (κ1) is 21.7. The van der Waals surface area contributed by atoms with Crippen LogP contribution in [0.2, 0.25) is 0 Å². The molecule has 0 aliphatic carbocycles. The summed E-state index contributed by atoms with van der Waals surface area (Å²) in [5.74, 6) is -3.61. The first-order valence-corrected chi connectivity index (χ1v) is 10.3. The number of methoxy groups -OCH3 is 1. The number of hydrogen-bond donors (Lipinski definition) is 1. The first-order chi connectivity index (χ1) is 15.3. The van der Waals surface area contributed by atoms with Crippen molar-refractivity contribution in [1.29, 1.82) is 0 Å². The topological polar surface area (TPSA) is 87.2 Å². The smallest absolute Gasteiger partial charge is 0.296 e. The largest absolute Gasteiger partial charge is 0.507 e. The molecule has 1 saturated heterocycles. The van der Waals surface area contributed by atoms with Gasteiger partial charge in [-0.05, 0) is 31.5 Å². The highest BCUT2D eigenvalue weighted by Gasteiger charge is 2.66. The van der Waals surface area contributed by atoms with E-state index >= 15 is 0 Å². The number of nitrogens with zero attached hydrogens (tertiary/aromatic N) is 2. The van der Waals surface area contributed by atoms with E-state index in [9.17, 15) is 23.9 Å². The number of likely N-dealkylation sites (N-methyl/N-ethyl adjacent to an activating group) is 1. The second-order valence-corrected chi connectivity index (χ2v) is 7.74. The number of para-hydroxylation sites is 1. The maximum Gasteiger partial charge on any atom is 0.296 e. The minimum Gasteiger partial charge on any atom is -0.507 e. The molecular weight excluding hydrogens is 415 g/mol. The van der Waals surface area contributed by atoms with Crippen molar-refractivity contribution in [3.05, 3.63) is 70.5 Å². The molecule has 1 spiro atoms. The molecule has 2 aliphatic heterocycles.